The number of nitriles is 1. The lowest BCUT2D eigenvalue weighted by Crippen LogP contribution is -2.03. The molecule has 0 fully saturated rings. The summed E-state index contributed by atoms with van der Waals surface area (Å²) in [4.78, 5) is 13.3. The van der Waals surface area contributed by atoms with Crippen LogP contribution in [0.25, 0.3) is 6.08 Å². The second-order valence-corrected chi connectivity index (χ2v) is 5.69. The van der Waals surface area contributed by atoms with Gasteiger partial charge in [0, 0.05) is 14.9 Å². The van der Waals surface area contributed by atoms with Crippen LogP contribution < -0.4 is 4.74 Å². The first-order valence-corrected chi connectivity index (χ1v) is 7.36. The largest absolute Gasteiger partial charge is 0.497 e. The maximum atomic E-state index is 12.4. The van der Waals surface area contributed by atoms with Crippen molar-refractivity contribution in [2.45, 2.75) is 0 Å². The molecular formula is C15H10BrNO2S. The maximum absolute atomic E-state index is 12.4. The van der Waals surface area contributed by atoms with Gasteiger partial charge in [-0.3, -0.25) is 4.79 Å². The van der Waals surface area contributed by atoms with Crippen molar-refractivity contribution >= 4 is 39.1 Å². The van der Waals surface area contributed by atoms with Crippen LogP contribution in [0.3, 0.4) is 0 Å². The van der Waals surface area contributed by atoms with E-state index in [1.807, 2.05) is 23.6 Å². The number of hydrogen-bond acceptors (Lipinski definition) is 4. The highest BCUT2D eigenvalue weighted by Gasteiger charge is 2.16. The molecule has 0 bridgehead atoms. The van der Waals surface area contributed by atoms with Crippen LogP contribution in [0.4, 0.5) is 0 Å². The number of rotatable bonds is 4. The minimum absolute atomic E-state index is 0.0985. The Hall–Kier alpha value is -1.90. The fourth-order valence-electron chi connectivity index (χ4n) is 1.61. The van der Waals surface area contributed by atoms with Gasteiger partial charge in [-0.25, -0.2) is 0 Å². The molecule has 1 aromatic heterocycles. The lowest BCUT2D eigenvalue weighted by atomic mass is 10.0. The van der Waals surface area contributed by atoms with Gasteiger partial charge in [-0.05, 0) is 35.7 Å². The first-order chi connectivity index (χ1) is 9.65. The fraction of sp³-hybridized carbons (Fsp3) is 0.0667. The van der Waals surface area contributed by atoms with Gasteiger partial charge in [-0.2, -0.15) is 5.26 Å². The van der Waals surface area contributed by atoms with Gasteiger partial charge in [0.1, 0.15) is 17.4 Å². The molecule has 0 unspecified atom stereocenters. The molecule has 100 valence electrons. The number of carbonyl (C=O) groups excluding carboxylic acids is 1. The maximum Gasteiger partial charge on any atom is 0.204 e. The Labute approximate surface area is 129 Å². The quantitative estimate of drug-likeness (QED) is 0.470. The third kappa shape index (κ3) is 3.16. The zero-order valence-corrected chi connectivity index (χ0v) is 13.0. The molecule has 0 saturated heterocycles. The highest BCUT2D eigenvalue weighted by Crippen LogP contribution is 2.25. The number of ketones is 1. The fourth-order valence-corrected chi connectivity index (χ4v) is 2.70. The van der Waals surface area contributed by atoms with Crippen molar-refractivity contribution in [3.05, 3.63) is 56.2 Å². The predicted molar refractivity (Wildman–Crippen MR) is 82.9 cm³/mol. The smallest absolute Gasteiger partial charge is 0.204 e. The minimum Gasteiger partial charge on any atom is -0.497 e. The average molecular weight is 348 g/mol. The van der Waals surface area contributed by atoms with Crippen molar-refractivity contribution in [3.63, 3.8) is 0 Å². The van der Waals surface area contributed by atoms with Gasteiger partial charge in [0.05, 0.1) is 7.11 Å². The van der Waals surface area contributed by atoms with Gasteiger partial charge in [0.25, 0.3) is 0 Å². The Morgan fingerprint density at radius 1 is 1.45 bits per heavy atom. The van der Waals surface area contributed by atoms with Crippen molar-refractivity contribution in [1.82, 2.24) is 0 Å². The molecule has 0 saturated carbocycles. The summed E-state index contributed by atoms with van der Waals surface area (Å²) in [5, 5.41) is 11.1. The number of thiophene rings is 1. The average Bonchev–Trinajstić information content (AvgIpc) is 2.97. The van der Waals surface area contributed by atoms with Crippen molar-refractivity contribution in [1.29, 1.82) is 5.26 Å². The second-order valence-electron chi connectivity index (χ2n) is 3.86. The number of allylic oxidation sites excluding steroid dienone is 1. The first-order valence-electron chi connectivity index (χ1n) is 5.69. The van der Waals surface area contributed by atoms with Gasteiger partial charge in [-0.1, -0.05) is 22.0 Å². The molecule has 1 heterocycles. The van der Waals surface area contributed by atoms with E-state index in [0.29, 0.717) is 15.8 Å². The zero-order valence-electron chi connectivity index (χ0n) is 10.6. The summed E-state index contributed by atoms with van der Waals surface area (Å²) < 4.78 is 5.74. The van der Waals surface area contributed by atoms with Crippen LogP contribution >= 0.6 is 27.3 Å². The van der Waals surface area contributed by atoms with E-state index in [0.717, 1.165) is 4.88 Å². The van der Waals surface area contributed by atoms with Crippen LogP contribution in [-0.4, -0.2) is 12.9 Å². The molecule has 2 rings (SSSR count). The van der Waals surface area contributed by atoms with Crippen LogP contribution in [0.2, 0.25) is 0 Å². The van der Waals surface area contributed by atoms with E-state index in [2.05, 4.69) is 15.9 Å². The molecule has 0 N–H and O–H groups in total. The molecule has 3 nitrogen and oxygen atoms in total. The van der Waals surface area contributed by atoms with E-state index in [4.69, 9.17) is 4.74 Å². The number of hydrogen-bond donors (Lipinski definition) is 0. The molecular weight excluding hydrogens is 338 g/mol. The van der Waals surface area contributed by atoms with E-state index in [1.54, 1.807) is 24.3 Å². The molecule has 1 aromatic carbocycles. The predicted octanol–water partition coefficient (Wildman–Crippen LogP) is 4.31. The van der Waals surface area contributed by atoms with Crippen LogP contribution in [0.1, 0.15) is 15.2 Å². The Morgan fingerprint density at radius 2 is 2.25 bits per heavy atom. The second kappa shape index (κ2) is 6.51. The van der Waals surface area contributed by atoms with E-state index in [9.17, 15) is 10.1 Å². The van der Waals surface area contributed by atoms with Gasteiger partial charge in [0.15, 0.2) is 0 Å². The number of benzene rings is 1. The minimum atomic E-state index is -0.327. The molecule has 0 radical (unpaired) electrons. The Balaban J connectivity index is 2.42. The molecule has 0 aliphatic heterocycles. The van der Waals surface area contributed by atoms with Gasteiger partial charge in [0.2, 0.25) is 5.78 Å². The summed E-state index contributed by atoms with van der Waals surface area (Å²) in [6.07, 6.45) is 1.60. The third-order valence-corrected chi connectivity index (χ3v) is 4.12. The number of halogens is 1. The van der Waals surface area contributed by atoms with E-state index in [-0.39, 0.29) is 11.4 Å². The van der Waals surface area contributed by atoms with Crippen LogP contribution in [0.5, 0.6) is 5.75 Å². The number of methoxy groups -OCH3 is 1. The van der Waals surface area contributed by atoms with E-state index < -0.39 is 0 Å². The monoisotopic (exact) mass is 347 g/mol. The molecule has 0 spiro atoms. The molecule has 2 aromatic rings. The highest BCUT2D eigenvalue weighted by molar-refractivity contribution is 9.10. The molecule has 0 aliphatic rings. The molecule has 0 atom stereocenters. The summed E-state index contributed by atoms with van der Waals surface area (Å²) in [6.45, 7) is 0. The molecule has 0 aliphatic carbocycles. The summed E-state index contributed by atoms with van der Waals surface area (Å²) in [7, 11) is 1.53. The summed E-state index contributed by atoms with van der Waals surface area (Å²) in [5.41, 5.74) is 0.509. The number of nitrogens with zero attached hydrogens (tertiary/aromatic N) is 1. The highest BCUT2D eigenvalue weighted by atomic mass is 79.9. The lowest BCUT2D eigenvalue weighted by Gasteiger charge is -2.05. The van der Waals surface area contributed by atoms with Gasteiger partial charge in [-0.15, -0.1) is 11.3 Å². The Morgan fingerprint density at radius 3 is 2.85 bits per heavy atom. The number of carbonyl (C=O) groups is 1. The molecule has 0 amide bonds. The van der Waals surface area contributed by atoms with E-state index >= 15 is 0 Å². The van der Waals surface area contributed by atoms with Crippen molar-refractivity contribution in [3.8, 4) is 11.8 Å². The Bertz CT molecular complexity index is 699. The Kier molecular flexibility index (Phi) is 4.72. The van der Waals surface area contributed by atoms with Crippen LogP contribution in [-0.2, 0) is 0 Å². The van der Waals surface area contributed by atoms with E-state index in [1.165, 1.54) is 18.4 Å². The number of Topliss-reactive ketones (excluding diaryl/α,β-unsaturated/α-hetero) is 1. The summed E-state index contributed by atoms with van der Waals surface area (Å²) in [6, 6.07) is 10.8. The van der Waals surface area contributed by atoms with Gasteiger partial charge < -0.3 is 4.74 Å². The lowest BCUT2D eigenvalue weighted by molar-refractivity contribution is 0.103. The third-order valence-electron chi connectivity index (χ3n) is 2.61. The summed E-state index contributed by atoms with van der Waals surface area (Å²) in [5.74, 6) is 0.247. The van der Waals surface area contributed by atoms with Crippen molar-refractivity contribution in [2.24, 2.45) is 0 Å². The SMILES string of the molecule is COc1ccc(Br)c(C(=O)C(C#N)=Cc2cccs2)c1. The molecule has 5 heteroatoms. The summed E-state index contributed by atoms with van der Waals surface area (Å²) >= 11 is 4.80. The van der Waals surface area contributed by atoms with Crippen molar-refractivity contribution in [2.75, 3.05) is 7.11 Å². The first kappa shape index (κ1) is 14.5. The van der Waals surface area contributed by atoms with Gasteiger partial charge >= 0.3 is 0 Å². The van der Waals surface area contributed by atoms with Crippen LogP contribution in [0, 0.1) is 11.3 Å². The topological polar surface area (TPSA) is 50.1 Å². The number of ether oxygens (including phenoxy) is 1. The molecule has 20 heavy (non-hydrogen) atoms. The van der Waals surface area contributed by atoms with Crippen molar-refractivity contribution < 1.29 is 9.53 Å². The zero-order chi connectivity index (χ0) is 14.5. The standard InChI is InChI=1S/C15H10BrNO2S/c1-19-11-4-5-14(16)13(8-11)15(18)10(9-17)7-12-3-2-6-20-12/h2-8H,1H3. The van der Waals surface area contributed by atoms with Crippen LogP contribution in [0.15, 0.2) is 45.8 Å². The normalized spacial score (nSPS) is 10.9.